The predicted octanol–water partition coefficient (Wildman–Crippen LogP) is 1.59. The molecule has 0 saturated carbocycles. The van der Waals surface area contributed by atoms with Crippen LogP contribution in [0.5, 0.6) is 0 Å². The summed E-state index contributed by atoms with van der Waals surface area (Å²) in [5.41, 5.74) is 9.01. The molecule has 4 nitrogen and oxygen atoms in total. The second-order valence-electron chi connectivity index (χ2n) is 5.45. The van der Waals surface area contributed by atoms with Gasteiger partial charge in [-0.25, -0.2) is 0 Å². The molecule has 1 aromatic carbocycles. The van der Waals surface area contributed by atoms with Crippen molar-refractivity contribution < 1.29 is 4.79 Å². The van der Waals surface area contributed by atoms with Gasteiger partial charge in [-0.05, 0) is 25.5 Å². The van der Waals surface area contributed by atoms with Gasteiger partial charge in [-0.2, -0.15) is 0 Å². The highest BCUT2D eigenvalue weighted by Crippen LogP contribution is 2.20. The number of amides is 1. The van der Waals surface area contributed by atoms with Crippen LogP contribution in [0.4, 0.5) is 5.69 Å². The summed E-state index contributed by atoms with van der Waals surface area (Å²) in [4.78, 5) is 13.5. The largest absolute Gasteiger partial charge is 0.372 e. The van der Waals surface area contributed by atoms with E-state index in [1.165, 1.54) is 11.1 Å². The highest BCUT2D eigenvalue weighted by Gasteiger charge is 2.19. The molecule has 3 N–H and O–H groups in total. The first-order valence-corrected chi connectivity index (χ1v) is 6.65. The summed E-state index contributed by atoms with van der Waals surface area (Å²) in [6, 6.07) is 6.18. The number of nitrogens with one attached hydrogen (secondary N) is 1. The number of carbonyl (C=O) groups is 1. The van der Waals surface area contributed by atoms with E-state index in [1.54, 1.807) is 0 Å². The van der Waals surface area contributed by atoms with Crippen molar-refractivity contribution in [1.82, 2.24) is 5.32 Å². The molecule has 1 unspecified atom stereocenters. The highest BCUT2D eigenvalue weighted by molar-refractivity contribution is 5.80. The van der Waals surface area contributed by atoms with Crippen molar-refractivity contribution in [3.05, 3.63) is 29.3 Å². The number of hydrogen-bond acceptors (Lipinski definition) is 3. The Morgan fingerprint density at radius 1 is 1.37 bits per heavy atom. The molecular weight excluding hydrogens is 238 g/mol. The van der Waals surface area contributed by atoms with E-state index in [-0.39, 0.29) is 18.0 Å². The highest BCUT2D eigenvalue weighted by atomic mass is 16.1. The molecule has 4 heteroatoms. The third kappa shape index (κ3) is 4.56. The molecule has 0 aromatic heterocycles. The van der Waals surface area contributed by atoms with Crippen LogP contribution in [0.25, 0.3) is 0 Å². The molecule has 1 aromatic rings. The first-order valence-electron chi connectivity index (χ1n) is 6.65. The van der Waals surface area contributed by atoms with Crippen molar-refractivity contribution in [3.63, 3.8) is 0 Å². The van der Waals surface area contributed by atoms with Gasteiger partial charge >= 0.3 is 0 Å². The Bertz CT molecular complexity index is 443. The number of rotatable bonds is 6. The maximum atomic E-state index is 11.5. The number of benzene rings is 1. The Morgan fingerprint density at radius 3 is 2.47 bits per heavy atom. The number of nitrogens with zero attached hydrogens (tertiary/aromatic N) is 1. The van der Waals surface area contributed by atoms with Crippen LogP contribution in [-0.4, -0.2) is 31.6 Å². The lowest BCUT2D eigenvalue weighted by atomic mass is 10.1. The zero-order valence-electron chi connectivity index (χ0n) is 12.5. The quantitative estimate of drug-likeness (QED) is 0.819. The number of anilines is 1. The van der Waals surface area contributed by atoms with E-state index >= 15 is 0 Å². The van der Waals surface area contributed by atoms with Crippen molar-refractivity contribution in [1.29, 1.82) is 0 Å². The van der Waals surface area contributed by atoms with E-state index in [0.717, 1.165) is 5.69 Å². The standard InChI is InChI=1S/C15H25N3O/c1-10(2)17-13(15(16)19)9-18(5)14-7-6-11(3)8-12(14)4/h6-8,10,13,17H,9H2,1-5H3,(H2,16,19). The van der Waals surface area contributed by atoms with Crippen molar-refractivity contribution in [2.45, 2.75) is 39.8 Å². The van der Waals surface area contributed by atoms with Gasteiger partial charge in [-0.1, -0.05) is 31.5 Å². The summed E-state index contributed by atoms with van der Waals surface area (Å²) < 4.78 is 0. The number of aryl methyl sites for hydroxylation is 2. The van der Waals surface area contributed by atoms with E-state index in [1.807, 2.05) is 20.9 Å². The molecule has 0 aliphatic rings. The van der Waals surface area contributed by atoms with E-state index in [4.69, 9.17) is 5.73 Å². The minimum Gasteiger partial charge on any atom is -0.372 e. The maximum absolute atomic E-state index is 11.5. The third-order valence-electron chi connectivity index (χ3n) is 3.10. The first-order chi connectivity index (χ1) is 8.81. The first kappa shape index (κ1) is 15.5. The molecule has 0 aliphatic heterocycles. The summed E-state index contributed by atoms with van der Waals surface area (Å²) >= 11 is 0. The maximum Gasteiger partial charge on any atom is 0.236 e. The third-order valence-corrected chi connectivity index (χ3v) is 3.10. The average molecular weight is 263 g/mol. The van der Waals surface area contributed by atoms with Gasteiger partial charge in [0.2, 0.25) is 5.91 Å². The number of primary amides is 1. The normalized spacial score (nSPS) is 12.5. The Labute approximate surface area is 116 Å². The fourth-order valence-corrected chi connectivity index (χ4v) is 2.23. The Hall–Kier alpha value is -1.55. The minimum absolute atomic E-state index is 0.227. The lowest BCUT2D eigenvalue weighted by Crippen LogP contribution is -2.50. The fraction of sp³-hybridized carbons (Fsp3) is 0.533. The van der Waals surface area contributed by atoms with Gasteiger partial charge in [-0.15, -0.1) is 0 Å². The molecule has 0 fully saturated rings. The molecule has 0 bridgehead atoms. The van der Waals surface area contributed by atoms with Gasteiger partial charge in [0.05, 0.1) is 0 Å². The van der Waals surface area contributed by atoms with Crippen molar-refractivity contribution in [2.75, 3.05) is 18.5 Å². The Kier molecular flexibility index (Phi) is 5.36. The van der Waals surface area contributed by atoms with Gasteiger partial charge in [0.15, 0.2) is 0 Å². The van der Waals surface area contributed by atoms with E-state index < -0.39 is 0 Å². The SMILES string of the molecule is Cc1ccc(N(C)CC(NC(C)C)C(N)=O)c(C)c1. The molecule has 1 rings (SSSR count). The zero-order valence-corrected chi connectivity index (χ0v) is 12.5. The van der Waals surface area contributed by atoms with E-state index in [2.05, 4.69) is 42.3 Å². The Morgan fingerprint density at radius 2 is 2.00 bits per heavy atom. The molecule has 19 heavy (non-hydrogen) atoms. The number of nitrogens with two attached hydrogens (primary N) is 1. The topological polar surface area (TPSA) is 58.4 Å². The van der Waals surface area contributed by atoms with Gasteiger partial charge in [0, 0.05) is 25.3 Å². The van der Waals surface area contributed by atoms with Crippen LogP contribution < -0.4 is 16.0 Å². The molecule has 106 valence electrons. The second-order valence-corrected chi connectivity index (χ2v) is 5.45. The molecule has 1 atom stereocenters. The summed E-state index contributed by atoms with van der Waals surface area (Å²) in [6.45, 7) is 8.73. The van der Waals surface area contributed by atoms with Crippen molar-refractivity contribution in [2.24, 2.45) is 5.73 Å². The van der Waals surface area contributed by atoms with Crippen LogP contribution in [-0.2, 0) is 4.79 Å². The fourth-order valence-electron chi connectivity index (χ4n) is 2.23. The lowest BCUT2D eigenvalue weighted by Gasteiger charge is -2.27. The monoisotopic (exact) mass is 263 g/mol. The van der Waals surface area contributed by atoms with Crippen molar-refractivity contribution in [3.8, 4) is 0 Å². The Balaban J connectivity index is 2.81. The number of carbonyl (C=O) groups excluding carboxylic acids is 1. The minimum atomic E-state index is -0.342. The van der Waals surface area contributed by atoms with Gasteiger partial charge < -0.3 is 16.0 Å². The second kappa shape index (κ2) is 6.57. The summed E-state index contributed by atoms with van der Waals surface area (Å²) in [6.07, 6.45) is 0. The molecule has 0 spiro atoms. The smallest absolute Gasteiger partial charge is 0.236 e. The van der Waals surface area contributed by atoms with E-state index in [0.29, 0.717) is 6.54 Å². The number of hydrogen-bond donors (Lipinski definition) is 2. The molecule has 1 amide bonds. The summed E-state index contributed by atoms with van der Waals surface area (Å²) in [5, 5.41) is 3.19. The molecule has 0 saturated heterocycles. The van der Waals surface area contributed by atoms with Gasteiger partial charge in [-0.3, -0.25) is 4.79 Å². The van der Waals surface area contributed by atoms with Crippen LogP contribution in [0.1, 0.15) is 25.0 Å². The molecule has 0 radical (unpaired) electrons. The molecule has 0 aliphatic carbocycles. The van der Waals surface area contributed by atoms with Crippen LogP contribution in [0.3, 0.4) is 0 Å². The van der Waals surface area contributed by atoms with E-state index in [9.17, 15) is 4.79 Å². The zero-order chi connectivity index (χ0) is 14.6. The predicted molar refractivity (Wildman–Crippen MR) is 80.4 cm³/mol. The molecule has 0 heterocycles. The van der Waals surface area contributed by atoms with Crippen molar-refractivity contribution >= 4 is 11.6 Å². The summed E-state index contributed by atoms with van der Waals surface area (Å²) in [5.74, 6) is -0.315. The van der Waals surface area contributed by atoms with Gasteiger partial charge in [0.1, 0.15) is 6.04 Å². The average Bonchev–Trinajstić information content (AvgIpc) is 2.26. The lowest BCUT2D eigenvalue weighted by molar-refractivity contribution is -0.119. The number of likely N-dealkylation sites (N-methyl/N-ethyl adjacent to an activating group) is 1. The van der Waals surface area contributed by atoms with Gasteiger partial charge in [0.25, 0.3) is 0 Å². The molecular formula is C15H25N3O. The van der Waals surface area contributed by atoms with Crippen LogP contribution >= 0.6 is 0 Å². The summed E-state index contributed by atoms with van der Waals surface area (Å²) in [7, 11) is 1.98. The van der Waals surface area contributed by atoms with Crippen LogP contribution in [0.2, 0.25) is 0 Å². The van der Waals surface area contributed by atoms with Crippen LogP contribution in [0, 0.1) is 13.8 Å². The van der Waals surface area contributed by atoms with Crippen LogP contribution in [0.15, 0.2) is 18.2 Å².